The van der Waals surface area contributed by atoms with Crippen LogP contribution in [0.1, 0.15) is 0 Å². The number of hydrogen-bond donors (Lipinski definition) is 0. The monoisotopic (exact) mass is 390 g/mol. The van der Waals surface area contributed by atoms with Crippen LogP contribution < -0.4 is 5.30 Å². The van der Waals surface area contributed by atoms with Crippen molar-refractivity contribution >= 4 is 47.8 Å². The molecule has 0 saturated carbocycles. The highest BCUT2D eigenvalue weighted by Gasteiger charge is 2.45. The Morgan fingerprint density at radius 2 is 1.23 bits per heavy atom. The van der Waals surface area contributed by atoms with Crippen LogP contribution >= 0.6 is 17.8 Å². The second-order valence-electron chi connectivity index (χ2n) is 8.78. The van der Waals surface area contributed by atoms with Gasteiger partial charge in [-0.2, -0.15) is 0 Å². The largest absolute Gasteiger partial charge is 0.309 e. The normalized spacial score (nSPS) is 16.5. The van der Waals surface area contributed by atoms with Gasteiger partial charge in [0.1, 0.15) is 23.0 Å². The van der Waals surface area contributed by atoms with Gasteiger partial charge >= 0.3 is 0 Å². The van der Waals surface area contributed by atoms with E-state index in [1.54, 1.807) is 0 Å². The van der Waals surface area contributed by atoms with Crippen molar-refractivity contribution in [3.8, 4) is 0 Å². The maximum atomic E-state index is 7.46. The zero-order chi connectivity index (χ0) is 17.4. The third-order valence-corrected chi connectivity index (χ3v) is 22.4. The molecule has 22 heavy (non-hydrogen) atoms. The van der Waals surface area contributed by atoms with Crippen molar-refractivity contribution in [2.45, 2.75) is 58.9 Å². The minimum Gasteiger partial charge on any atom is -0.309 e. The van der Waals surface area contributed by atoms with Gasteiger partial charge in [-0.3, -0.25) is 4.00 Å². The minimum absolute atomic E-state index is 1.23. The van der Waals surface area contributed by atoms with Gasteiger partial charge in [0.15, 0.2) is 8.24 Å². The highest BCUT2D eigenvalue weighted by Crippen LogP contribution is 2.62. The minimum atomic E-state index is -2.18. The lowest BCUT2D eigenvalue weighted by Crippen LogP contribution is -2.57. The Kier molecular flexibility index (Phi) is 6.20. The van der Waals surface area contributed by atoms with Crippen LogP contribution in [-0.2, 0) is 0 Å². The Morgan fingerprint density at radius 3 is 1.55 bits per heavy atom. The second-order valence-corrected chi connectivity index (χ2v) is 28.1. The smallest absolute Gasteiger partial charge is 0.173 e. The van der Waals surface area contributed by atoms with E-state index in [-0.39, 0.29) is 0 Å². The average molecular weight is 391 g/mol. The van der Waals surface area contributed by atoms with Crippen molar-refractivity contribution in [1.29, 1.82) is 0 Å². The Hall–Kier alpha value is 0.351. The quantitative estimate of drug-likeness (QED) is 0.420. The van der Waals surface area contributed by atoms with Gasteiger partial charge in [0, 0.05) is 5.30 Å². The third-order valence-electron chi connectivity index (χ3n) is 3.05. The van der Waals surface area contributed by atoms with E-state index in [4.69, 9.17) is 15.7 Å². The van der Waals surface area contributed by atoms with Crippen LogP contribution in [0.15, 0.2) is 34.7 Å². The van der Waals surface area contributed by atoms with E-state index in [1.165, 1.54) is 5.30 Å². The molecule has 1 rings (SSSR count). The summed E-state index contributed by atoms with van der Waals surface area (Å²) < 4.78 is 8.08. The van der Waals surface area contributed by atoms with Crippen LogP contribution in [0.3, 0.4) is 0 Å². The topological polar surface area (TPSA) is 15.6 Å². The Morgan fingerprint density at radius 1 is 0.818 bits per heavy atom. The third kappa shape index (κ3) is 5.18. The van der Waals surface area contributed by atoms with Gasteiger partial charge in [-0.25, -0.2) is 0 Å². The van der Waals surface area contributed by atoms with Crippen molar-refractivity contribution in [1.82, 2.24) is 4.00 Å². The average Bonchev–Trinajstić information content (AvgIpc) is 2.23. The first-order chi connectivity index (χ1) is 9.68. The molecule has 0 aliphatic rings. The zero-order valence-electron chi connectivity index (χ0n) is 15.6. The first-order valence-corrected chi connectivity index (χ1v) is 20.8. The molecular formula is C15H32ClN2PSi3. The van der Waals surface area contributed by atoms with Gasteiger partial charge < -0.3 is 4.41 Å². The summed E-state index contributed by atoms with van der Waals surface area (Å²) in [4.78, 5) is 0. The summed E-state index contributed by atoms with van der Waals surface area (Å²) in [6.07, 6.45) is 0. The molecule has 0 aromatic heterocycles. The van der Waals surface area contributed by atoms with E-state index in [1.807, 2.05) is 0 Å². The van der Waals surface area contributed by atoms with Crippen molar-refractivity contribution in [3.63, 3.8) is 0 Å². The number of hydrogen-bond acceptors (Lipinski definition) is 1. The van der Waals surface area contributed by atoms with Crippen molar-refractivity contribution in [3.05, 3.63) is 30.3 Å². The molecule has 0 radical (unpaired) electrons. The Labute approximate surface area is 145 Å². The molecule has 0 amide bonds. The molecule has 1 atom stereocenters. The molecule has 1 unspecified atom stereocenters. The molecule has 0 aliphatic heterocycles. The number of halogens is 1. The summed E-state index contributed by atoms with van der Waals surface area (Å²) in [5, 5.41) is 1.23. The molecule has 0 bridgehead atoms. The molecule has 0 aliphatic carbocycles. The van der Waals surface area contributed by atoms with E-state index < -0.39 is 31.3 Å². The maximum absolute atomic E-state index is 7.46. The second kappa shape index (κ2) is 6.69. The van der Waals surface area contributed by atoms with E-state index in [0.29, 0.717) is 0 Å². The molecule has 1 aromatic rings. The van der Waals surface area contributed by atoms with E-state index in [2.05, 4.69) is 93.3 Å². The van der Waals surface area contributed by atoms with E-state index in [9.17, 15) is 0 Å². The summed E-state index contributed by atoms with van der Waals surface area (Å²) in [6.45, 7) is 19.1. The van der Waals surface area contributed by atoms with E-state index >= 15 is 0 Å². The van der Waals surface area contributed by atoms with Crippen molar-refractivity contribution in [2.75, 3.05) is 0 Å². The SMILES string of the molecule is C[Si](C)(C)N=P(Cl)(c1ccccc1)N([Si](C)(C)C)[Si](C)(C)C. The molecule has 2 nitrogen and oxygen atoms in total. The summed E-state index contributed by atoms with van der Waals surface area (Å²) >= 11 is 7.46. The molecule has 126 valence electrons. The lowest BCUT2D eigenvalue weighted by molar-refractivity contribution is 0.977. The number of nitrogens with zero attached hydrogens (tertiary/aromatic N) is 2. The van der Waals surface area contributed by atoms with Crippen LogP contribution in [0.2, 0.25) is 58.9 Å². The molecule has 0 spiro atoms. The highest BCUT2D eigenvalue weighted by molar-refractivity contribution is 7.97. The fraction of sp³-hybridized carbons (Fsp3) is 0.600. The van der Waals surface area contributed by atoms with Gasteiger partial charge in [-0.1, -0.05) is 80.9 Å². The zero-order valence-corrected chi connectivity index (χ0v) is 20.3. The Balaban J connectivity index is 3.75. The fourth-order valence-corrected chi connectivity index (χ4v) is 30.2. The summed E-state index contributed by atoms with van der Waals surface area (Å²) in [6, 6.07) is 10.6. The van der Waals surface area contributed by atoms with Crippen LogP contribution in [0.4, 0.5) is 0 Å². The first kappa shape index (κ1) is 20.4. The number of benzene rings is 1. The lowest BCUT2D eigenvalue weighted by Gasteiger charge is -2.49. The van der Waals surface area contributed by atoms with Gasteiger partial charge in [0.2, 0.25) is 0 Å². The highest BCUT2D eigenvalue weighted by atomic mass is 35.7. The van der Waals surface area contributed by atoms with Crippen LogP contribution in [0.25, 0.3) is 0 Å². The predicted molar refractivity (Wildman–Crippen MR) is 113 cm³/mol. The molecular weight excluding hydrogens is 359 g/mol. The van der Waals surface area contributed by atoms with Gasteiger partial charge in [0.05, 0.1) is 0 Å². The number of rotatable bonds is 5. The van der Waals surface area contributed by atoms with Crippen molar-refractivity contribution < 1.29 is 0 Å². The van der Waals surface area contributed by atoms with E-state index in [0.717, 1.165) is 0 Å². The summed E-state index contributed by atoms with van der Waals surface area (Å²) in [5.74, 6) is 0. The summed E-state index contributed by atoms with van der Waals surface area (Å²) in [7, 11) is -4.85. The fourth-order valence-electron chi connectivity index (χ4n) is 3.03. The molecule has 0 N–H and O–H groups in total. The van der Waals surface area contributed by atoms with Crippen LogP contribution in [0, 0.1) is 0 Å². The van der Waals surface area contributed by atoms with Gasteiger partial charge in [-0.05, 0) is 19.6 Å². The molecule has 1 aromatic carbocycles. The van der Waals surface area contributed by atoms with Gasteiger partial charge in [-0.15, -0.1) is 0 Å². The maximum Gasteiger partial charge on any atom is 0.173 e. The van der Waals surface area contributed by atoms with Gasteiger partial charge in [0.25, 0.3) is 0 Å². The predicted octanol–water partition coefficient (Wildman–Crippen LogP) is 6.39. The molecule has 0 heterocycles. The van der Waals surface area contributed by atoms with Crippen molar-refractivity contribution in [2.24, 2.45) is 4.41 Å². The lowest BCUT2D eigenvalue weighted by atomic mass is 10.4. The van der Waals surface area contributed by atoms with Crippen LogP contribution in [-0.4, -0.2) is 28.7 Å². The molecule has 7 heteroatoms. The first-order valence-electron chi connectivity index (χ1n) is 7.87. The summed E-state index contributed by atoms with van der Waals surface area (Å²) in [5.41, 5.74) is 0. The molecule has 0 saturated heterocycles. The Bertz CT molecular complexity index is 543. The standard InChI is InChI=1S/C15H32ClN2PSi3/c1-20(2,3)17-19(16,15-13-11-10-12-14-15)18(21(4,5)6)22(7,8)9/h10-14H,1-9H3. The van der Waals surface area contributed by atoms with Crippen LogP contribution in [0.5, 0.6) is 0 Å². The molecule has 0 fully saturated rings.